The molecule has 1 N–H and O–H groups in total. The maximum absolute atomic E-state index is 13.2. The Balaban J connectivity index is 3.26. The fourth-order valence-electron chi connectivity index (χ4n) is 1.18. The van der Waals surface area contributed by atoms with Crippen LogP contribution in [0.3, 0.4) is 0 Å². The summed E-state index contributed by atoms with van der Waals surface area (Å²) >= 11 is 0. The molecule has 15 heavy (non-hydrogen) atoms. The summed E-state index contributed by atoms with van der Waals surface area (Å²) in [4.78, 5) is 13.8. The van der Waals surface area contributed by atoms with Crippen molar-refractivity contribution in [1.29, 1.82) is 0 Å². The highest BCUT2D eigenvalue weighted by atomic mass is 19.3. The van der Waals surface area contributed by atoms with Crippen LogP contribution in [0.25, 0.3) is 0 Å². The molecule has 82 valence electrons. The first kappa shape index (κ1) is 11.5. The molecule has 0 amide bonds. The van der Waals surface area contributed by atoms with E-state index in [0.717, 1.165) is 6.20 Å². The molecule has 0 spiro atoms. The zero-order valence-electron chi connectivity index (χ0n) is 7.80. The Labute approximate surface area is 83.6 Å². The van der Waals surface area contributed by atoms with Crippen molar-refractivity contribution in [3.8, 4) is 0 Å². The summed E-state index contributed by atoms with van der Waals surface area (Å²) in [5, 5.41) is 8.44. The van der Waals surface area contributed by atoms with Gasteiger partial charge >= 0.3 is 5.97 Å². The molecule has 1 aromatic rings. The van der Waals surface area contributed by atoms with E-state index < -0.39 is 30.2 Å². The van der Waals surface area contributed by atoms with Gasteiger partial charge < -0.3 is 5.11 Å². The van der Waals surface area contributed by atoms with Crippen molar-refractivity contribution >= 4 is 5.97 Å². The highest BCUT2D eigenvalue weighted by Crippen LogP contribution is 2.27. The summed E-state index contributed by atoms with van der Waals surface area (Å²) in [6, 6.07) is 0. The van der Waals surface area contributed by atoms with Gasteiger partial charge in [0.25, 0.3) is 6.43 Å². The first-order valence-corrected chi connectivity index (χ1v) is 4.07. The molecule has 0 aliphatic rings. The topological polar surface area (TPSA) is 50.2 Å². The predicted octanol–water partition coefficient (Wildman–Crippen LogP) is 2.09. The van der Waals surface area contributed by atoms with Gasteiger partial charge in [0.05, 0.1) is 17.7 Å². The average Bonchev–Trinajstić information content (AvgIpc) is 2.10. The first-order valence-electron chi connectivity index (χ1n) is 4.07. The summed E-state index contributed by atoms with van der Waals surface area (Å²) in [6.07, 6.45) is -2.74. The molecule has 0 aliphatic heterocycles. The summed E-state index contributed by atoms with van der Waals surface area (Å²) in [7, 11) is 0. The number of alkyl halides is 2. The fourth-order valence-corrected chi connectivity index (χ4v) is 1.18. The summed E-state index contributed by atoms with van der Waals surface area (Å²) in [6.45, 7) is 1.24. The Morgan fingerprint density at radius 1 is 1.60 bits per heavy atom. The number of rotatable bonds is 3. The standard InChI is InChI=1S/C9H8F3NO2/c1-4-8(10)7(9(11)12)5(3-13-4)2-6(14)15/h3,9H,2H2,1H3,(H,14,15). The number of carboxylic acids is 1. The number of aryl methyl sites for hydroxylation is 1. The average molecular weight is 219 g/mol. The number of pyridine rings is 1. The smallest absolute Gasteiger partial charge is 0.307 e. The van der Waals surface area contributed by atoms with Crippen molar-refractivity contribution in [3.63, 3.8) is 0 Å². The second kappa shape index (κ2) is 4.29. The Morgan fingerprint density at radius 2 is 2.20 bits per heavy atom. The lowest BCUT2D eigenvalue weighted by Crippen LogP contribution is -2.08. The van der Waals surface area contributed by atoms with Crippen molar-refractivity contribution in [2.75, 3.05) is 0 Å². The van der Waals surface area contributed by atoms with Gasteiger partial charge in [-0.3, -0.25) is 9.78 Å². The number of nitrogens with zero attached hydrogens (tertiary/aromatic N) is 1. The van der Waals surface area contributed by atoms with Gasteiger partial charge in [0, 0.05) is 6.20 Å². The maximum Gasteiger partial charge on any atom is 0.307 e. The van der Waals surface area contributed by atoms with E-state index in [1.807, 2.05) is 0 Å². The van der Waals surface area contributed by atoms with Crippen LogP contribution in [0.15, 0.2) is 6.20 Å². The van der Waals surface area contributed by atoms with Gasteiger partial charge in [-0.15, -0.1) is 0 Å². The van der Waals surface area contributed by atoms with Crippen LogP contribution in [0.4, 0.5) is 13.2 Å². The van der Waals surface area contributed by atoms with E-state index in [2.05, 4.69) is 4.98 Å². The molecule has 0 saturated carbocycles. The maximum atomic E-state index is 13.2. The molecule has 3 nitrogen and oxygen atoms in total. The molecule has 0 unspecified atom stereocenters. The number of carbonyl (C=O) groups is 1. The molecule has 1 heterocycles. The fraction of sp³-hybridized carbons (Fsp3) is 0.333. The van der Waals surface area contributed by atoms with Gasteiger partial charge in [0.2, 0.25) is 0 Å². The van der Waals surface area contributed by atoms with Crippen molar-refractivity contribution < 1.29 is 23.1 Å². The van der Waals surface area contributed by atoms with E-state index in [1.165, 1.54) is 6.92 Å². The van der Waals surface area contributed by atoms with E-state index in [0.29, 0.717) is 0 Å². The zero-order valence-corrected chi connectivity index (χ0v) is 7.80. The third-order valence-corrected chi connectivity index (χ3v) is 1.87. The molecule has 0 radical (unpaired) electrons. The molecule has 1 aromatic heterocycles. The Bertz CT molecular complexity index is 393. The van der Waals surface area contributed by atoms with E-state index in [4.69, 9.17) is 5.11 Å². The van der Waals surface area contributed by atoms with Crippen LogP contribution in [-0.4, -0.2) is 16.1 Å². The normalized spacial score (nSPS) is 10.7. The lowest BCUT2D eigenvalue weighted by atomic mass is 10.1. The van der Waals surface area contributed by atoms with Crippen molar-refractivity contribution in [2.45, 2.75) is 19.8 Å². The van der Waals surface area contributed by atoms with Crippen LogP contribution in [-0.2, 0) is 11.2 Å². The summed E-state index contributed by atoms with van der Waals surface area (Å²) < 4.78 is 38.1. The third-order valence-electron chi connectivity index (χ3n) is 1.87. The van der Waals surface area contributed by atoms with Gasteiger partial charge in [-0.1, -0.05) is 0 Å². The van der Waals surface area contributed by atoms with Gasteiger partial charge in [0.1, 0.15) is 0 Å². The number of halogens is 3. The molecule has 0 aromatic carbocycles. The minimum absolute atomic E-state index is 0.167. The molecule has 6 heteroatoms. The number of aliphatic carboxylic acids is 1. The number of hydrogen-bond acceptors (Lipinski definition) is 2. The molecule has 0 saturated heterocycles. The van der Waals surface area contributed by atoms with Gasteiger partial charge in [-0.25, -0.2) is 13.2 Å². The first-order chi connectivity index (χ1) is 6.93. The van der Waals surface area contributed by atoms with Crippen molar-refractivity contribution in [2.24, 2.45) is 0 Å². The second-order valence-corrected chi connectivity index (χ2v) is 2.97. The zero-order chi connectivity index (χ0) is 11.6. The number of aromatic nitrogens is 1. The monoisotopic (exact) mass is 219 g/mol. The summed E-state index contributed by atoms with van der Waals surface area (Å²) in [5.74, 6) is -2.44. The molecule has 0 fully saturated rings. The highest BCUT2D eigenvalue weighted by Gasteiger charge is 2.21. The molecule has 0 aliphatic carbocycles. The van der Waals surface area contributed by atoms with Gasteiger partial charge in [-0.05, 0) is 12.5 Å². The number of carboxylic acid groups (broad SMARTS) is 1. The largest absolute Gasteiger partial charge is 0.481 e. The summed E-state index contributed by atoms with van der Waals surface area (Å²) in [5.41, 5.74) is -1.33. The van der Waals surface area contributed by atoms with E-state index in [-0.39, 0.29) is 11.3 Å². The van der Waals surface area contributed by atoms with Gasteiger partial charge in [0.15, 0.2) is 5.82 Å². The molecular weight excluding hydrogens is 211 g/mol. The lowest BCUT2D eigenvalue weighted by Gasteiger charge is -2.09. The minimum Gasteiger partial charge on any atom is -0.481 e. The quantitative estimate of drug-likeness (QED) is 0.846. The van der Waals surface area contributed by atoms with Crippen LogP contribution >= 0.6 is 0 Å². The Kier molecular flexibility index (Phi) is 3.28. The van der Waals surface area contributed by atoms with E-state index in [9.17, 15) is 18.0 Å². The van der Waals surface area contributed by atoms with Crippen LogP contribution < -0.4 is 0 Å². The number of hydrogen-bond donors (Lipinski definition) is 1. The Hall–Kier alpha value is -1.59. The second-order valence-electron chi connectivity index (χ2n) is 2.97. The molecular formula is C9H8F3NO2. The molecule has 0 atom stereocenters. The lowest BCUT2D eigenvalue weighted by molar-refractivity contribution is -0.136. The van der Waals surface area contributed by atoms with E-state index >= 15 is 0 Å². The van der Waals surface area contributed by atoms with E-state index in [1.54, 1.807) is 0 Å². The van der Waals surface area contributed by atoms with Crippen molar-refractivity contribution in [1.82, 2.24) is 4.98 Å². The molecule has 1 rings (SSSR count). The predicted molar refractivity (Wildman–Crippen MR) is 45.2 cm³/mol. The highest BCUT2D eigenvalue weighted by molar-refractivity contribution is 5.70. The van der Waals surface area contributed by atoms with Crippen LogP contribution in [0.5, 0.6) is 0 Å². The Morgan fingerprint density at radius 3 is 2.67 bits per heavy atom. The minimum atomic E-state index is -3.04. The van der Waals surface area contributed by atoms with Crippen LogP contribution in [0, 0.1) is 12.7 Å². The van der Waals surface area contributed by atoms with Crippen LogP contribution in [0.2, 0.25) is 0 Å². The molecule has 0 bridgehead atoms. The SMILES string of the molecule is Cc1ncc(CC(=O)O)c(C(F)F)c1F. The third kappa shape index (κ3) is 2.45. The van der Waals surface area contributed by atoms with Gasteiger partial charge in [-0.2, -0.15) is 0 Å². The van der Waals surface area contributed by atoms with Crippen molar-refractivity contribution in [3.05, 3.63) is 28.8 Å². The van der Waals surface area contributed by atoms with Crippen LogP contribution in [0.1, 0.15) is 23.2 Å².